The van der Waals surface area contributed by atoms with Crippen molar-refractivity contribution in [1.82, 2.24) is 15.1 Å². The molecule has 0 aromatic carbocycles. The minimum absolute atomic E-state index is 0.252. The van der Waals surface area contributed by atoms with E-state index in [0.717, 1.165) is 19.4 Å². The molecule has 0 saturated carbocycles. The number of hydrogen-bond acceptors (Lipinski definition) is 3. The number of ether oxygens (including phenoxy) is 1. The first-order chi connectivity index (χ1) is 7.72. The lowest BCUT2D eigenvalue weighted by molar-refractivity contribution is 0.100. The minimum Gasteiger partial charge on any atom is -0.382 e. The molecule has 1 heterocycles. The molecule has 0 bridgehead atoms. The molecule has 0 spiro atoms. The Bertz CT molecular complexity index is 298. The minimum atomic E-state index is 0.252. The maximum absolute atomic E-state index is 5.31. The highest BCUT2D eigenvalue weighted by Crippen LogP contribution is 2.19. The molecule has 4 nitrogen and oxygen atoms in total. The van der Waals surface area contributed by atoms with Crippen LogP contribution in [0, 0.1) is 0 Å². The smallest absolute Gasteiger partial charge is 0.0561 e. The molecule has 0 fully saturated rings. The van der Waals surface area contributed by atoms with Crippen LogP contribution in [-0.2, 0) is 11.3 Å². The Morgan fingerprint density at radius 1 is 1.56 bits per heavy atom. The summed E-state index contributed by atoms with van der Waals surface area (Å²) in [4.78, 5) is 0. The molecule has 0 radical (unpaired) electrons. The summed E-state index contributed by atoms with van der Waals surface area (Å²) < 4.78 is 7.38. The number of aromatic nitrogens is 2. The molecule has 2 atom stereocenters. The zero-order valence-electron chi connectivity index (χ0n) is 10.7. The first-order valence-electron chi connectivity index (χ1n) is 5.94. The number of hydrogen-bond donors (Lipinski definition) is 1. The lowest BCUT2D eigenvalue weighted by atomic mass is 10.1. The van der Waals surface area contributed by atoms with Crippen LogP contribution in [-0.4, -0.2) is 30.0 Å². The highest BCUT2D eigenvalue weighted by Gasteiger charge is 2.16. The third kappa shape index (κ3) is 3.32. The molecule has 0 aliphatic heterocycles. The van der Waals surface area contributed by atoms with Crippen LogP contribution in [0.5, 0.6) is 0 Å². The number of rotatable bonds is 7. The van der Waals surface area contributed by atoms with Gasteiger partial charge in [-0.1, -0.05) is 6.92 Å². The Hall–Kier alpha value is -0.870. The second kappa shape index (κ2) is 6.66. The highest BCUT2D eigenvalue weighted by atomic mass is 16.5. The van der Waals surface area contributed by atoms with E-state index in [0.29, 0.717) is 6.04 Å². The van der Waals surface area contributed by atoms with Crippen LogP contribution < -0.4 is 5.32 Å². The molecular formula is C12H23N3O. The van der Waals surface area contributed by atoms with E-state index in [9.17, 15) is 0 Å². The fraction of sp³-hybridized carbons (Fsp3) is 0.750. The van der Waals surface area contributed by atoms with Gasteiger partial charge in [-0.2, -0.15) is 5.10 Å². The first kappa shape index (κ1) is 13.2. The molecule has 1 aromatic heterocycles. The van der Waals surface area contributed by atoms with Crippen LogP contribution in [0.3, 0.4) is 0 Å². The maximum atomic E-state index is 5.31. The fourth-order valence-electron chi connectivity index (χ4n) is 1.85. The molecular weight excluding hydrogens is 202 g/mol. The van der Waals surface area contributed by atoms with Crippen LogP contribution in [0.1, 0.15) is 38.4 Å². The molecule has 16 heavy (non-hydrogen) atoms. The summed E-state index contributed by atoms with van der Waals surface area (Å²) >= 11 is 0. The van der Waals surface area contributed by atoms with Crippen LogP contribution in [0.4, 0.5) is 0 Å². The Labute approximate surface area is 98.0 Å². The SMILES string of the molecule is CCCn1nccc1C(CC(C)OC)NC. The van der Waals surface area contributed by atoms with E-state index in [2.05, 4.69) is 35.0 Å². The van der Waals surface area contributed by atoms with Gasteiger partial charge in [0.05, 0.1) is 17.8 Å². The highest BCUT2D eigenvalue weighted by molar-refractivity contribution is 5.07. The topological polar surface area (TPSA) is 39.1 Å². The molecule has 1 aromatic rings. The number of methoxy groups -OCH3 is 1. The van der Waals surface area contributed by atoms with Crippen molar-refractivity contribution in [3.63, 3.8) is 0 Å². The van der Waals surface area contributed by atoms with Crippen LogP contribution >= 0.6 is 0 Å². The first-order valence-corrected chi connectivity index (χ1v) is 5.94. The average Bonchev–Trinajstić information content (AvgIpc) is 2.74. The molecule has 0 saturated heterocycles. The van der Waals surface area contributed by atoms with Crippen molar-refractivity contribution in [3.8, 4) is 0 Å². The van der Waals surface area contributed by atoms with Gasteiger partial charge in [0, 0.05) is 19.9 Å². The predicted octanol–water partition coefficient (Wildman–Crippen LogP) is 1.98. The molecule has 1 rings (SSSR count). The fourth-order valence-corrected chi connectivity index (χ4v) is 1.85. The van der Waals surface area contributed by atoms with Crippen LogP contribution in [0.15, 0.2) is 12.3 Å². The molecule has 92 valence electrons. The van der Waals surface area contributed by atoms with Gasteiger partial charge in [0.15, 0.2) is 0 Å². The third-order valence-corrected chi connectivity index (χ3v) is 2.86. The average molecular weight is 225 g/mol. The van der Waals surface area contributed by atoms with Crippen molar-refractivity contribution < 1.29 is 4.74 Å². The van der Waals surface area contributed by atoms with Crippen molar-refractivity contribution >= 4 is 0 Å². The summed E-state index contributed by atoms with van der Waals surface area (Å²) in [5, 5.41) is 7.67. The lowest BCUT2D eigenvalue weighted by Crippen LogP contribution is -2.24. The van der Waals surface area contributed by atoms with Crippen molar-refractivity contribution in [2.75, 3.05) is 14.2 Å². The van der Waals surface area contributed by atoms with Gasteiger partial charge in [0.25, 0.3) is 0 Å². The summed E-state index contributed by atoms with van der Waals surface area (Å²) in [6.07, 6.45) is 4.18. The standard InChI is InChI=1S/C12H23N3O/c1-5-8-15-12(6-7-14-15)11(13-3)9-10(2)16-4/h6-7,10-11,13H,5,8-9H2,1-4H3. The normalized spacial score (nSPS) is 15.0. The van der Waals surface area contributed by atoms with E-state index in [1.807, 2.05) is 13.2 Å². The van der Waals surface area contributed by atoms with Gasteiger partial charge in [-0.05, 0) is 32.9 Å². The monoisotopic (exact) mass is 225 g/mol. The van der Waals surface area contributed by atoms with Gasteiger partial charge in [0.2, 0.25) is 0 Å². The van der Waals surface area contributed by atoms with Crippen molar-refractivity contribution in [2.24, 2.45) is 0 Å². The third-order valence-electron chi connectivity index (χ3n) is 2.86. The number of nitrogens with one attached hydrogen (secondary N) is 1. The van der Waals surface area contributed by atoms with E-state index < -0.39 is 0 Å². The van der Waals surface area contributed by atoms with Crippen molar-refractivity contribution in [3.05, 3.63) is 18.0 Å². The Morgan fingerprint density at radius 3 is 2.88 bits per heavy atom. The molecule has 2 unspecified atom stereocenters. The van der Waals surface area contributed by atoms with E-state index in [1.54, 1.807) is 7.11 Å². The summed E-state index contributed by atoms with van der Waals surface area (Å²) in [6, 6.07) is 2.39. The summed E-state index contributed by atoms with van der Waals surface area (Å²) in [7, 11) is 3.73. The van der Waals surface area contributed by atoms with E-state index >= 15 is 0 Å². The number of aryl methyl sites for hydroxylation is 1. The Morgan fingerprint density at radius 2 is 2.31 bits per heavy atom. The Kier molecular flexibility index (Phi) is 5.49. The zero-order valence-corrected chi connectivity index (χ0v) is 10.7. The predicted molar refractivity (Wildman–Crippen MR) is 65.4 cm³/mol. The van der Waals surface area contributed by atoms with Crippen LogP contribution in [0.2, 0.25) is 0 Å². The van der Waals surface area contributed by atoms with Gasteiger partial charge in [0.1, 0.15) is 0 Å². The largest absolute Gasteiger partial charge is 0.382 e. The molecule has 0 aliphatic rings. The van der Waals surface area contributed by atoms with E-state index in [-0.39, 0.29) is 6.10 Å². The van der Waals surface area contributed by atoms with Crippen molar-refractivity contribution in [1.29, 1.82) is 0 Å². The second-order valence-corrected chi connectivity index (χ2v) is 4.10. The van der Waals surface area contributed by atoms with Gasteiger partial charge in [-0.15, -0.1) is 0 Å². The summed E-state index contributed by atoms with van der Waals surface area (Å²) in [5.41, 5.74) is 1.24. The molecule has 1 N–H and O–H groups in total. The summed E-state index contributed by atoms with van der Waals surface area (Å²) in [5.74, 6) is 0. The maximum Gasteiger partial charge on any atom is 0.0561 e. The Balaban J connectivity index is 2.73. The van der Waals surface area contributed by atoms with Gasteiger partial charge in [-0.3, -0.25) is 4.68 Å². The lowest BCUT2D eigenvalue weighted by Gasteiger charge is -2.20. The van der Waals surface area contributed by atoms with Crippen LogP contribution in [0.25, 0.3) is 0 Å². The van der Waals surface area contributed by atoms with Gasteiger partial charge < -0.3 is 10.1 Å². The zero-order chi connectivity index (χ0) is 12.0. The number of nitrogens with zero attached hydrogens (tertiary/aromatic N) is 2. The quantitative estimate of drug-likeness (QED) is 0.771. The van der Waals surface area contributed by atoms with Crippen molar-refractivity contribution in [2.45, 2.75) is 45.4 Å². The van der Waals surface area contributed by atoms with Gasteiger partial charge in [-0.25, -0.2) is 0 Å². The molecule has 0 amide bonds. The second-order valence-electron chi connectivity index (χ2n) is 4.10. The summed E-state index contributed by atoms with van der Waals surface area (Å²) in [6.45, 7) is 5.23. The molecule has 0 aliphatic carbocycles. The molecule has 4 heteroatoms. The van der Waals surface area contributed by atoms with E-state index in [1.165, 1.54) is 5.69 Å². The van der Waals surface area contributed by atoms with E-state index in [4.69, 9.17) is 4.74 Å². The van der Waals surface area contributed by atoms with Gasteiger partial charge >= 0.3 is 0 Å².